The van der Waals surface area contributed by atoms with Crippen LogP contribution < -0.4 is 5.32 Å². The molecule has 1 saturated carbocycles. The molecule has 0 radical (unpaired) electrons. The molecule has 0 bridgehead atoms. The summed E-state index contributed by atoms with van der Waals surface area (Å²) in [7, 11) is 0. The summed E-state index contributed by atoms with van der Waals surface area (Å²) in [6, 6.07) is -0.604. The van der Waals surface area contributed by atoms with Crippen molar-refractivity contribution in [2.24, 2.45) is 5.92 Å². The number of amides is 4. The maximum Gasteiger partial charge on any atom is 0.325 e. The number of piperidine rings is 1. The van der Waals surface area contributed by atoms with Crippen LogP contribution in [0.15, 0.2) is 0 Å². The standard InChI is InChI=1S/C17H25N3O5/c1-11-5-6-12(14(22)23)9-19(11)13(21)10-20-15(24)17(18-16(20)25)7-3-2-4-8-17/h11-12H,2-10H2,1H3,(H,18,25)(H,22,23). The van der Waals surface area contributed by atoms with E-state index >= 15 is 0 Å². The molecule has 2 aliphatic heterocycles. The number of rotatable bonds is 3. The Hall–Kier alpha value is -2.12. The molecule has 8 heteroatoms. The quantitative estimate of drug-likeness (QED) is 0.736. The Kier molecular flexibility index (Phi) is 4.71. The van der Waals surface area contributed by atoms with Crippen molar-refractivity contribution >= 4 is 23.8 Å². The minimum absolute atomic E-state index is 0.0903. The number of aliphatic carboxylic acids is 1. The van der Waals surface area contributed by atoms with Crippen molar-refractivity contribution in [1.29, 1.82) is 0 Å². The highest BCUT2D eigenvalue weighted by molar-refractivity contribution is 6.09. The lowest BCUT2D eigenvalue weighted by molar-refractivity contribution is -0.148. The summed E-state index contributed by atoms with van der Waals surface area (Å²) in [6.45, 7) is 1.68. The number of carbonyl (C=O) groups is 4. The van der Waals surface area contributed by atoms with E-state index in [1.165, 1.54) is 4.90 Å². The molecule has 3 fully saturated rings. The molecule has 1 aliphatic carbocycles. The second-order valence-corrected chi connectivity index (χ2v) is 7.47. The van der Waals surface area contributed by atoms with E-state index in [0.717, 1.165) is 24.2 Å². The highest BCUT2D eigenvalue weighted by Crippen LogP contribution is 2.33. The van der Waals surface area contributed by atoms with Gasteiger partial charge in [0, 0.05) is 12.6 Å². The van der Waals surface area contributed by atoms with E-state index in [9.17, 15) is 24.3 Å². The molecule has 3 aliphatic rings. The minimum Gasteiger partial charge on any atom is -0.481 e. The van der Waals surface area contributed by atoms with Crippen LogP contribution in [-0.2, 0) is 14.4 Å². The Morgan fingerprint density at radius 2 is 1.88 bits per heavy atom. The topological polar surface area (TPSA) is 107 Å². The van der Waals surface area contributed by atoms with Gasteiger partial charge < -0.3 is 15.3 Å². The van der Waals surface area contributed by atoms with Gasteiger partial charge >= 0.3 is 12.0 Å². The molecule has 2 unspecified atom stereocenters. The van der Waals surface area contributed by atoms with E-state index in [-0.39, 0.29) is 30.9 Å². The van der Waals surface area contributed by atoms with Gasteiger partial charge in [0.1, 0.15) is 12.1 Å². The summed E-state index contributed by atoms with van der Waals surface area (Å²) in [5.74, 6) is -2.19. The lowest BCUT2D eigenvalue weighted by Gasteiger charge is -2.37. The molecule has 25 heavy (non-hydrogen) atoms. The fourth-order valence-electron chi connectivity index (χ4n) is 4.20. The number of imide groups is 1. The number of hydrogen-bond donors (Lipinski definition) is 2. The van der Waals surface area contributed by atoms with Crippen molar-refractivity contribution in [1.82, 2.24) is 15.1 Å². The molecule has 2 atom stereocenters. The number of nitrogens with one attached hydrogen (secondary N) is 1. The predicted octanol–water partition coefficient (Wildman–Crippen LogP) is 0.953. The zero-order valence-electron chi connectivity index (χ0n) is 14.5. The van der Waals surface area contributed by atoms with Gasteiger partial charge in [-0.05, 0) is 32.6 Å². The molecule has 0 aromatic heterocycles. The Bertz CT molecular complexity index is 599. The molecule has 8 nitrogen and oxygen atoms in total. The van der Waals surface area contributed by atoms with Gasteiger partial charge in [-0.3, -0.25) is 19.3 Å². The molecule has 2 N–H and O–H groups in total. The van der Waals surface area contributed by atoms with Gasteiger partial charge in [0.05, 0.1) is 5.92 Å². The molecule has 1 spiro atoms. The fraction of sp³-hybridized carbons (Fsp3) is 0.765. The zero-order valence-corrected chi connectivity index (χ0v) is 14.5. The number of hydrogen-bond acceptors (Lipinski definition) is 4. The maximum absolute atomic E-state index is 12.7. The van der Waals surface area contributed by atoms with Crippen molar-refractivity contribution in [3.8, 4) is 0 Å². The molecular weight excluding hydrogens is 326 g/mol. The zero-order chi connectivity index (χ0) is 18.2. The van der Waals surface area contributed by atoms with Crippen molar-refractivity contribution in [3.05, 3.63) is 0 Å². The summed E-state index contributed by atoms with van der Waals surface area (Å²) in [6.07, 6.45) is 5.19. The molecule has 0 aromatic carbocycles. The Morgan fingerprint density at radius 1 is 1.20 bits per heavy atom. The Labute approximate surface area is 146 Å². The van der Waals surface area contributed by atoms with Crippen LogP contribution in [0.5, 0.6) is 0 Å². The lowest BCUT2D eigenvalue weighted by Crippen LogP contribution is -2.52. The van der Waals surface area contributed by atoms with Crippen LogP contribution in [0, 0.1) is 5.92 Å². The van der Waals surface area contributed by atoms with Gasteiger partial charge in [0.25, 0.3) is 5.91 Å². The van der Waals surface area contributed by atoms with E-state index in [1.807, 2.05) is 6.92 Å². The molecule has 2 heterocycles. The average Bonchev–Trinajstić information content (AvgIpc) is 2.79. The second kappa shape index (κ2) is 6.65. The first-order valence-electron chi connectivity index (χ1n) is 9.00. The summed E-state index contributed by atoms with van der Waals surface area (Å²) >= 11 is 0. The van der Waals surface area contributed by atoms with Crippen molar-refractivity contribution in [2.75, 3.05) is 13.1 Å². The van der Waals surface area contributed by atoms with Crippen LogP contribution >= 0.6 is 0 Å². The lowest BCUT2D eigenvalue weighted by atomic mass is 9.82. The average molecular weight is 351 g/mol. The largest absolute Gasteiger partial charge is 0.481 e. The highest BCUT2D eigenvalue weighted by Gasteiger charge is 2.52. The van der Waals surface area contributed by atoms with Crippen molar-refractivity contribution in [2.45, 2.75) is 63.5 Å². The number of carboxylic acids is 1. The van der Waals surface area contributed by atoms with Gasteiger partial charge in [-0.1, -0.05) is 19.3 Å². The molecule has 138 valence electrons. The van der Waals surface area contributed by atoms with Crippen molar-refractivity contribution < 1.29 is 24.3 Å². The molecular formula is C17H25N3O5. The molecule has 3 rings (SSSR count). The number of carboxylic acid groups (broad SMARTS) is 1. The van der Waals surface area contributed by atoms with Crippen LogP contribution in [0.25, 0.3) is 0 Å². The minimum atomic E-state index is -0.916. The third kappa shape index (κ3) is 3.21. The summed E-state index contributed by atoms with van der Waals surface area (Å²) in [5, 5.41) is 12.0. The van der Waals surface area contributed by atoms with Crippen LogP contribution in [0.2, 0.25) is 0 Å². The third-order valence-corrected chi connectivity index (χ3v) is 5.80. The number of likely N-dealkylation sites (tertiary alicyclic amines) is 1. The highest BCUT2D eigenvalue weighted by atomic mass is 16.4. The molecule has 0 aromatic rings. The maximum atomic E-state index is 12.7. The van der Waals surface area contributed by atoms with Crippen LogP contribution in [0.3, 0.4) is 0 Å². The number of carbonyl (C=O) groups excluding carboxylic acids is 3. The first-order chi connectivity index (χ1) is 11.8. The Morgan fingerprint density at radius 3 is 2.52 bits per heavy atom. The third-order valence-electron chi connectivity index (χ3n) is 5.80. The number of nitrogens with zero attached hydrogens (tertiary/aromatic N) is 2. The Balaban J connectivity index is 1.68. The second-order valence-electron chi connectivity index (χ2n) is 7.47. The SMILES string of the molecule is CC1CCC(C(=O)O)CN1C(=O)CN1C(=O)NC2(CCCCC2)C1=O. The van der Waals surface area contributed by atoms with Gasteiger partial charge in [-0.2, -0.15) is 0 Å². The normalized spacial score (nSPS) is 29.0. The van der Waals surface area contributed by atoms with Crippen LogP contribution in [0.4, 0.5) is 4.79 Å². The van der Waals surface area contributed by atoms with Gasteiger partial charge in [0.15, 0.2) is 0 Å². The smallest absolute Gasteiger partial charge is 0.325 e. The van der Waals surface area contributed by atoms with Crippen LogP contribution in [-0.4, -0.2) is 63.4 Å². The summed E-state index contributed by atoms with van der Waals surface area (Å²) in [5.41, 5.74) is -0.841. The van der Waals surface area contributed by atoms with E-state index in [4.69, 9.17) is 0 Å². The van der Waals surface area contributed by atoms with E-state index in [1.54, 1.807) is 0 Å². The fourth-order valence-corrected chi connectivity index (χ4v) is 4.20. The number of urea groups is 1. The first kappa shape index (κ1) is 17.7. The first-order valence-corrected chi connectivity index (χ1v) is 9.00. The summed E-state index contributed by atoms with van der Waals surface area (Å²) < 4.78 is 0. The summed E-state index contributed by atoms with van der Waals surface area (Å²) in [4.78, 5) is 51.4. The van der Waals surface area contributed by atoms with E-state index < -0.39 is 23.5 Å². The van der Waals surface area contributed by atoms with Gasteiger partial charge in [-0.15, -0.1) is 0 Å². The van der Waals surface area contributed by atoms with Gasteiger partial charge in [0.2, 0.25) is 5.91 Å². The predicted molar refractivity (Wildman–Crippen MR) is 87.6 cm³/mol. The van der Waals surface area contributed by atoms with E-state index in [2.05, 4.69) is 5.32 Å². The van der Waals surface area contributed by atoms with Crippen LogP contribution in [0.1, 0.15) is 51.9 Å². The van der Waals surface area contributed by atoms with E-state index in [0.29, 0.717) is 25.7 Å². The molecule has 4 amide bonds. The van der Waals surface area contributed by atoms with Crippen molar-refractivity contribution in [3.63, 3.8) is 0 Å². The molecule has 2 saturated heterocycles. The van der Waals surface area contributed by atoms with Gasteiger partial charge in [-0.25, -0.2) is 4.79 Å². The monoisotopic (exact) mass is 351 g/mol.